The van der Waals surface area contributed by atoms with E-state index in [4.69, 9.17) is 9.88 Å². The van der Waals surface area contributed by atoms with Gasteiger partial charge in [-0.3, -0.25) is 4.79 Å². The second kappa shape index (κ2) is 6.87. The van der Waals surface area contributed by atoms with Crippen LogP contribution in [0.1, 0.15) is 17.3 Å². The van der Waals surface area contributed by atoms with E-state index in [1.807, 2.05) is 0 Å². The molecule has 8 heteroatoms. The molecule has 1 aromatic carbocycles. The third-order valence-corrected chi connectivity index (χ3v) is 4.51. The van der Waals surface area contributed by atoms with Crippen LogP contribution in [0.25, 0.3) is 0 Å². The predicted octanol–water partition coefficient (Wildman–Crippen LogP) is 1.05. The van der Waals surface area contributed by atoms with Crippen molar-refractivity contribution in [2.24, 2.45) is 11.1 Å². The first kappa shape index (κ1) is 16.7. The van der Waals surface area contributed by atoms with Crippen molar-refractivity contribution in [1.29, 1.82) is 0 Å². The largest absolute Gasteiger partial charge is 0.496 e. The van der Waals surface area contributed by atoms with Gasteiger partial charge in [0, 0.05) is 11.7 Å². The molecule has 0 amide bonds. The van der Waals surface area contributed by atoms with E-state index in [1.165, 1.54) is 25.3 Å². The van der Waals surface area contributed by atoms with Gasteiger partial charge in [-0.25, -0.2) is 13.6 Å². The summed E-state index contributed by atoms with van der Waals surface area (Å²) in [6, 6.07) is 3.81. The third kappa shape index (κ3) is 4.32. The molecule has 1 rings (SSSR count). The van der Waals surface area contributed by atoms with Crippen LogP contribution in [0.4, 0.5) is 0 Å². The summed E-state index contributed by atoms with van der Waals surface area (Å²) in [6.07, 6.45) is 0.748. The van der Waals surface area contributed by atoms with Crippen molar-refractivity contribution < 1.29 is 22.7 Å². The number of thioether (sulfide) groups is 1. The highest BCUT2D eigenvalue weighted by Gasteiger charge is 2.18. The minimum absolute atomic E-state index is 0.113. The average molecular weight is 317 g/mol. The van der Waals surface area contributed by atoms with Crippen LogP contribution in [-0.2, 0) is 14.8 Å². The first-order valence-electron chi connectivity index (χ1n) is 5.63. The minimum Gasteiger partial charge on any atom is -0.496 e. The number of methoxy groups -OCH3 is 1. The Morgan fingerprint density at radius 2 is 2.15 bits per heavy atom. The van der Waals surface area contributed by atoms with Gasteiger partial charge in [0.1, 0.15) is 12.0 Å². The summed E-state index contributed by atoms with van der Waals surface area (Å²) in [5.74, 6) is 0.301. The maximum Gasteiger partial charge on any atom is 0.238 e. The molecule has 0 aliphatic heterocycles. The highest BCUT2D eigenvalue weighted by atomic mass is 32.2. The van der Waals surface area contributed by atoms with Crippen molar-refractivity contribution >= 4 is 33.2 Å². The van der Waals surface area contributed by atoms with Crippen LogP contribution in [0.15, 0.2) is 23.1 Å². The summed E-state index contributed by atoms with van der Waals surface area (Å²) in [5, 5.41) is 4.65. The monoisotopic (exact) mass is 317 g/mol. The zero-order valence-corrected chi connectivity index (χ0v) is 12.7. The van der Waals surface area contributed by atoms with E-state index < -0.39 is 10.0 Å². The first-order chi connectivity index (χ1) is 9.29. The van der Waals surface area contributed by atoms with Gasteiger partial charge in [-0.15, -0.1) is 0 Å². The molecule has 0 aliphatic carbocycles. The quantitative estimate of drug-likeness (QED) is 0.787. The number of ether oxygens (including phenoxy) is 1. The highest BCUT2D eigenvalue weighted by Crippen LogP contribution is 2.26. The molecular weight excluding hydrogens is 302 g/mol. The van der Waals surface area contributed by atoms with Crippen molar-refractivity contribution in [3.63, 3.8) is 0 Å². The van der Waals surface area contributed by atoms with Gasteiger partial charge >= 0.3 is 0 Å². The fraction of sp³-hybridized carbons (Fsp3) is 0.333. The van der Waals surface area contributed by atoms with Gasteiger partial charge < -0.3 is 9.53 Å². The molecular formula is C12H15NO5S2. The molecule has 0 aromatic heterocycles. The van der Waals surface area contributed by atoms with Crippen molar-refractivity contribution in [2.45, 2.75) is 11.8 Å². The lowest BCUT2D eigenvalue weighted by atomic mass is 10.2. The van der Waals surface area contributed by atoms with Gasteiger partial charge in [-0.1, -0.05) is 18.7 Å². The fourth-order valence-electron chi connectivity index (χ4n) is 1.35. The lowest BCUT2D eigenvalue weighted by Crippen LogP contribution is -2.13. The van der Waals surface area contributed by atoms with Crippen molar-refractivity contribution in [1.82, 2.24) is 0 Å². The second-order valence-electron chi connectivity index (χ2n) is 4.12. The lowest BCUT2D eigenvalue weighted by molar-refractivity contribution is -0.110. The van der Waals surface area contributed by atoms with Crippen LogP contribution < -0.4 is 9.88 Å². The topological polar surface area (TPSA) is 104 Å². The molecule has 110 valence electrons. The Hall–Kier alpha value is -1.38. The van der Waals surface area contributed by atoms with Gasteiger partial charge in [0.05, 0.1) is 17.6 Å². The van der Waals surface area contributed by atoms with Crippen molar-refractivity contribution in [2.75, 3.05) is 12.9 Å². The third-order valence-electron chi connectivity index (χ3n) is 2.43. The molecule has 20 heavy (non-hydrogen) atoms. The molecule has 0 aliphatic rings. The first-order valence-corrected chi connectivity index (χ1v) is 8.16. The average Bonchev–Trinajstić information content (AvgIpc) is 2.42. The summed E-state index contributed by atoms with van der Waals surface area (Å²) in [4.78, 5) is 22.4. The van der Waals surface area contributed by atoms with Gasteiger partial charge in [0.25, 0.3) is 0 Å². The van der Waals surface area contributed by atoms with Crippen LogP contribution >= 0.6 is 11.8 Å². The van der Waals surface area contributed by atoms with Crippen LogP contribution in [0.2, 0.25) is 0 Å². The van der Waals surface area contributed by atoms with Crippen LogP contribution in [0.3, 0.4) is 0 Å². The number of carbonyl (C=O) groups is 2. The Morgan fingerprint density at radius 1 is 1.50 bits per heavy atom. The van der Waals surface area contributed by atoms with Crippen molar-refractivity contribution in [3.8, 4) is 5.75 Å². The SMILES string of the molecule is COc1ccc(S(N)(=O)=O)cc1C(=O)SC[C@@H](C)C=O. The van der Waals surface area contributed by atoms with E-state index in [1.54, 1.807) is 6.92 Å². The Labute approximate surface area is 121 Å². The zero-order chi connectivity index (χ0) is 15.3. The number of hydrogen-bond donors (Lipinski definition) is 1. The summed E-state index contributed by atoms with van der Waals surface area (Å²) in [5.41, 5.74) is 0.113. The number of rotatable bonds is 6. The highest BCUT2D eigenvalue weighted by molar-refractivity contribution is 8.14. The summed E-state index contributed by atoms with van der Waals surface area (Å²) in [6.45, 7) is 1.69. The molecule has 0 fully saturated rings. The van der Waals surface area contributed by atoms with Gasteiger partial charge in [0.15, 0.2) is 0 Å². The van der Waals surface area contributed by atoms with Crippen LogP contribution in [-0.4, -0.2) is 32.7 Å². The Balaban J connectivity index is 3.08. The Kier molecular flexibility index (Phi) is 5.73. The van der Waals surface area contributed by atoms with E-state index >= 15 is 0 Å². The molecule has 0 saturated carbocycles. The number of benzene rings is 1. The lowest BCUT2D eigenvalue weighted by Gasteiger charge is -2.09. The number of carbonyl (C=O) groups excluding carboxylic acids is 2. The molecule has 2 N–H and O–H groups in total. The molecule has 0 radical (unpaired) electrons. The minimum atomic E-state index is -3.89. The van der Waals surface area contributed by atoms with Crippen molar-refractivity contribution in [3.05, 3.63) is 23.8 Å². The van der Waals surface area contributed by atoms with E-state index in [0.717, 1.165) is 18.0 Å². The zero-order valence-electron chi connectivity index (χ0n) is 11.0. The van der Waals surface area contributed by atoms with Crippen LogP contribution in [0.5, 0.6) is 5.75 Å². The molecule has 1 aromatic rings. The maximum absolute atomic E-state index is 12.1. The predicted molar refractivity (Wildman–Crippen MR) is 76.4 cm³/mol. The normalized spacial score (nSPS) is 12.8. The van der Waals surface area contributed by atoms with E-state index in [2.05, 4.69) is 0 Å². The van der Waals surface area contributed by atoms with E-state index in [0.29, 0.717) is 5.75 Å². The number of primary sulfonamides is 1. The standard InChI is InChI=1S/C12H15NO5S2/c1-8(6-14)7-19-12(15)10-5-9(20(13,16)17)3-4-11(10)18-2/h3-6,8H,7H2,1-2H3,(H2,13,16,17)/t8-/m0/s1. The fourth-order valence-corrected chi connectivity index (χ4v) is 2.70. The molecule has 0 saturated heterocycles. The van der Waals surface area contributed by atoms with Gasteiger partial charge in [0.2, 0.25) is 15.1 Å². The second-order valence-corrected chi connectivity index (χ2v) is 6.67. The maximum atomic E-state index is 12.1. The Morgan fingerprint density at radius 3 is 2.65 bits per heavy atom. The summed E-state index contributed by atoms with van der Waals surface area (Å²) >= 11 is 0.925. The molecule has 0 unspecified atom stereocenters. The molecule has 0 bridgehead atoms. The molecule has 0 heterocycles. The smallest absolute Gasteiger partial charge is 0.238 e. The number of hydrogen-bond acceptors (Lipinski definition) is 6. The summed E-state index contributed by atoms with van der Waals surface area (Å²) < 4.78 is 27.6. The number of aldehydes is 1. The van der Waals surface area contributed by atoms with E-state index in [9.17, 15) is 18.0 Å². The summed E-state index contributed by atoms with van der Waals surface area (Å²) in [7, 11) is -2.52. The molecule has 0 spiro atoms. The molecule has 1 atom stereocenters. The Bertz CT molecular complexity index is 612. The number of nitrogens with two attached hydrogens (primary N) is 1. The molecule has 6 nitrogen and oxygen atoms in total. The van der Waals surface area contributed by atoms with E-state index in [-0.39, 0.29) is 27.2 Å². The van der Waals surface area contributed by atoms with Crippen LogP contribution in [0, 0.1) is 5.92 Å². The van der Waals surface area contributed by atoms with Gasteiger partial charge in [-0.2, -0.15) is 0 Å². The van der Waals surface area contributed by atoms with Gasteiger partial charge in [-0.05, 0) is 18.2 Å². The number of sulfonamides is 1.